The van der Waals surface area contributed by atoms with Crippen LogP contribution in [0.5, 0.6) is 0 Å². The van der Waals surface area contributed by atoms with E-state index in [2.05, 4.69) is 39.6 Å². The third-order valence-electron chi connectivity index (χ3n) is 2.32. The van der Waals surface area contributed by atoms with Crippen molar-refractivity contribution in [3.8, 4) is 0 Å². The number of hydrogen-bond donors (Lipinski definition) is 2. The van der Waals surface area contributed by atoms with Crippen LogP contribution in [0.3, 0.4) is 0 Å². The molecule has 2 nitrogen and oxygen atoms in total. The largest absolute Gasteiger partial charge is 0.330 e. The van der Waals surface area contributed by atoms with Crippen LogP contribution in [0.15, 0.2) is 15.9 Å². The summed E-state index contributed by atoms with van der Waals surface area (Å²) in [5.41, 5.74) is 5.63. The fourth-order valence-electron chi connectivity index (χ4n) is 1.24. The average Bonchev–Trinajstić information content (AvgIpc) is 2.59. The van der Waals surface area contributed by atoms with Gasteiger partial charge in [0, 0.05) is 15.9 Å². The molecule has 3 N–H and O–H groups in total. The zero-order chi connectivity index (χ0) is 10.4. The molecule has 1 aromatic rings. The van der Waals surface area contributed by atoms with Gasteiger partial charge in [0.15, 0.2) is 0 Å². The number of nitrogens with two attached hydrogens (primary N) is 1. The summed E-state index contributed by atoms with van der Waals surface area (Å²) in [7, 11) is 0. The third kappa shape index (κ3) is 3.69. The van der Waals surface area contributed by atoms with Crippen LogP contribution >= 0.6 is 27.3 Å². The first-order chi connectivity index (χ1) is 6.77. The fraction of sp³-hybridized carbons (Fsp3) is 0.600. The molecule has 0 fully saturated rings. The Hall–Kier alpha value is 0.100. The molecule has 4 heteroatoms. The summed E-state index contributed by atoms with van der Waals surface area (Å²) in [5, 5.41) is 5.53. The first-order valence-electron chi connectivity index (χ1n) is 4.90. The van der Waals surface area contributed by atoms with E-state index < -0.39 is 0 Å². The van der Waals surface area contributed by atoms with Crippen LogP contribution < -0.4 is 11.1 Å². The van der Waals surface area contributed by atoms with Crippen LogP contribution in [0, 0.1) is 5.92 Å². The summed E-state index contributed by atoms with van der Waals surface area (Å²) >= 11 is 5.29. The zero-order valence-corrected chi connectivity index (χ0v) is 10.8. The predicted molar refractivity (Wildman–Crippen MR) is 66.6 cm³/mol. The molecule has 0 saturated heterocycles. The van der Waals surface area contributed by atoms with Gasteiger partial charge in [-0.15, -0.1) is 11.3 Å². The second-order valence-electron chi connectivity index (χ2n) is 3.33. The molecule has 0 saturated carbocycles. The lowest BCUT2D eigenvalue weighted by atomic mass is 10.1. The Morgan fingerprint density at radius 2 is 2.43 bits per heavy atom. The van der Waals surface area contributed by atoms with Gasteiger partial charge in [-0.05, 0) is 46.4 Å². The predicted octanol–water partition coefficient (Wildman–Crippen LogP) is 2.59. The molecular weight excluding hydrogens is 260 g/mol. The minimum absolute atomic E-state index is 0.605. The summed E-state index contributed by atoms with van der Waals surface area (Å²) in [6, 6.07) is 2.09. The van der Waals surface area contributed by atoms with Crippen LogP contribution in [0.4, 0.5) is 0 Å². The minimum atomic E-state index is 0.605. The topological polar surface area (TPSA) is 38.0 Å². The molecule has 0 amide bonds. The van der Waals surface area contributed by atoms with Crippen molar-refractivity contribution < 1.29 is 0 Å². The van der Waals surface area contributed by atoms with E-state index in [9.17, 15) is 0 Å². The van der Waals surface area contributed by atoms with E-state index >= 15 is 0 Å². The third-order valence-corrected chi connectivity index (χ3v) is 4.25. The molecule has 1 aromatic heterocycles. The van der Waals surface area contributed by atoms with Crippen LogP contribution in [0.1, 0.15) is 18.2 Å². The Labute approximate surface area is 98.0 Å². The molecule has 80 valence electrons. The van der Waals surface area contributed by atoms with E-state index in [0.717, 1.165) is 26.1 Å². The summed E-state index contributed by atoms with van der Waals surface area (Å²) in [5.74, 6) is 0.605. The maximum Gasteiger partial charge on any atom is 0.0327 e. The van der Waals surface area contributed by atoms with Crippen molar-refractivity contribution in [1.29, 1.82) is 0 Å². The minimum Gasteiger partial charge on any atom is -0.330 e. The van der Waals surface area contributed by atoms with Crippen molar-refractivity contribution in [2.45, 2.75) is 19.9 Å². The van der Waals surface area contributed by atoms with Gasteiger partial charge in [-0.25, -0.2) is 0 Å². The molecule has 1 unspecified atom stereocenters. The van der Waals surface area contributed by atoms with E-state index in [1.807, 2.05) is 0 Å². The van der Waals surface area contributed by atoms with E-state index in [-0.39, 0.29) is 0 Å². The molecule has 1 heterocycles. The van der Waals surface area contributed by atoms with Gasteiger partial charge in [0.05, 0.1) is 0 Å². The highest BCUT2D eigenvalue weighted by Gasteiger charge is 2.04. The summed E-state index contributed by atoms with van der Waals surface area (Å²) in [4.78, 5) is 1.36. The van der Waals surface area contributed by atoms with E-state index in [1.165, 1.54) is 9.35 Å². The van der Waals surface area contributed by atoms with Crippen LogP contribution in [-0.4, -0.2) is 13.1 Å². The maximum absolute atomic E-state index is 5.63. The highest BCUT2D eigenvalue weighted by Crippen LogP contribution is 2.22. The van der Waals surface area contributed by atoms with Gasteiger partial charge in [-0.2, -0.15) is 0 Å². The molecule has 0 aliphatic carbocycles. The van der Waals surface area contributed by atoms with E-state index in [1.54, 1.807) is 11.3 Å². The molecule has 14 heavy (non-hydrogen) atoms. The Kier molecular flexibility index (Phi) is 5.70. The van der Waals surface area contributed by atoms with Crippen molar-refractivity contribution in [3.63, 3.8) is 0 Å². The molecule has 0 spiro atoms. The first-order valence-corrected chi connectivity index (χ1v) is 6.57. The van der Waals surface area contributed by atoms with Crippen molar-refractivity contribution in [2.75, 3.05) is 13.1 Å². The number of nitrogens with one attached hydrogen (secondary N) is 1. The van der Waals surface area contributed by atoms with Gasteiger partial charge >= 0.3 is 0 Å². The van der Waals surface area contributed by atoms with E-state index in [4.69, 9.17) is 5.73 Å². The lowest BCUT2D eigenvalue weighted by molar-refractivity contribution is 0.472. The lowest BCUT2D eigenvalue weighted by Gasteiger charge is -2.12. The standard InChI is InChI=1S/C10H17BrN2S/c1-2-8(5-12)6-13-7-10-9(11)3-4-14-10/h3-4,8,13H,2,5-7,12H2,1H3. The van der Waals surface area contributed by atoms with Gasteiger partial charge in [-0.1, -0.05) is 13.3 Å². The monoisotopic (exact) mass is 276 g/mol. The van der Waals surface area contributed by atoms with Crippen LogP contribution in [0.25, 0.3) is 0 Å². The molecule has 1 rings (SSSR count). The van der Waals surface area contributed by atoms with Gasteiger partial charge in [-0.3, -0.25) is 0 Å². The molecule has 0 aliphatic rings. The second-order valence-corrected chi connectivity index (χ2v) is 5.19. The molecule has 0 radical (unpaired) electrons. The number of rotatable bonds is 6. The highest BCUT2D eigenvalue weighted by atomic mass is 79.9. The second kappa shape index (κ2) is 6.56. The first kappa shape index (κ1) is 12.2. The summed E-state index contributed by atoms with van der Waals surface area (Å²) in [6.45, 7) is 4.90. The quantitative estimate of drug-likeness (QED) is 0.838. The molecule has 0 bridgehead atoms. The fourth-order valence-corrected chi connectivity index (χ4v) is 2.70. The van der Waals surface area contributed by atoms with Gasteiger partial charge in [0.2, 0.25) is 0 Å². The molecule has 1 atom stereocenters. The maximum atomic E-state index is 5.63. The molecule has 0 aromatic carbocycles. The Morgan fingerprint density at radius 1 is 1.64 bits per heavy atom. The van der Waals surface area contributed by atoms with E-state index in [0.29, 0.717) is 5.92 Å². The lowest BCUT2D eigenvalue weighted by Crippen LogP contribution is -2.27. The number of thiophene rings is 1. The normalized spacial score (nSPS) is 13.1. The molecule has 0 aliphatic heterocycles. The molecular formula is C10H17BrN2S. The van der Waals surface area contributed by atoms with Crippen molar-refractivity contribution in [3.05, 3.63) is 20.8 Å². The highest BCUT2D eigenvalue weighted by molar-refractivity contribution is 9.10. The smallest absolute Gasteiger partial charge is 0.0327 e. The Bertz CT molecular complexity index is 258. The zero-order valence-electron chi connectivity index (χ0n) is 8.42. The van der Waals surface area contributed by atoms with Crippen LogP contribution in [0.2, 0.25) is 0 Å². The van der Waals surface area contributed by atoms with Gasteiger partial charge in [0.25, 0.3) is 0 Å². The van der Waals surface area contributed by atoms with Crippen LogP contribution in [-0.2, 0) is 6.54 Å². The number of halogens is 1. The average molecular weight is 277 g/mol. The summed E-state index contributed by atoms with van der Waals surface area (Å²) in [6.07, 6.45) is 1.15. The Morgan fingerprint density at radius 3 is 2.93 bits per heavy atom. The Balaban J connectivity index is 2.24. The summed E-state index contributed by atoms with van der Waals surface area (Å²) < 4.78 is 1.20. The van der Waals surface area contributed by atoms with Crippen molar-refractivity contribution in [1.82, 2.24) is 5.32 Å². The number of hydrogen-bond acceptors (Lipinski definition) is 3. The van der Waals surface area contributed by atoms with Crippen molar-refractivity contribution in [2.24, 2.45) is 11.7 Å². The van der Waals surface area contributed by atoms with Crippen molar-refractivity contribution >= 4 is 27.3 Å². The van der Waals surface area contributed by atoms with Gasteiger partial charge < -0.3 is 11.1 Å². The SMILES string of the molecule is CCC(CN)CNCc1sccc1Br. The van der Waals surface area contributed by atoms with Gasteiger partial charge in [0.1, 0.15) is 0 Å².